The van der Waals surface area contributed by atoms with Gasteiger partial charge in [-0.2, -0.15) is 5.26 Å². The number of carbonyl (C=O) groups is 1. The Hall–Kier alpha value is -3.58. The van der Waals surface area contributed by atoms with Crippen molar-refractivity contribution in [3.63, 3.8) is 0 Å². The fourth-order valence-corrected chi connectivity index (χ4v) is 6.07. The maximum Gasteiger partial charge on any atom is 0.253 e. The number of pyridine rings is 1. The molecule has 0 aliphatic carbocycles. The second-order valence-electron chi connectivity index (χ2n) is 10.8. The Morgan fingerprint density at radius 1 is 1.05 bits per heavy atom. The largest absolute Gasteiger partial charge is 0.353 e. The van der Waals surface area contributed by atoms with E-state index in [4.69, 9.17) is 16.9 Å². The highest BCUT2D eigenvalue weighted by Crippen LogP contribution is 2.29. The number of anilines is 1. The number of likely N-dealkylation sites (tertiary alicyclic amines) is 1. The van der Waals surface area contributed by atoms with Crippen LogP contribution in [0.15, 0.2) is 54.7 Å². The summed E-state index contributed by atoms with van der Waals surface area (Å²) in [5, 5.41) is 12.1. The second kappa shape index (κ2) is 12.9. The van der Waals surface area contributed by atoms with E-state index in [-0.39, 0.29) is 12.5 Å². The molecule has 2 aliphatic heterocycles. The van der Waals surface area contributed by atoms with Gasteiger partial charge in [-0.15, -0.1) is 0 Å². The molecule has 1 amide bonds. The van der Waals surface area contributed by atoms with E-state index in [2.05, 4.69) is 38.0 Å². The summed E-state index contributed by atoms with van der Waals surface area (Å²) in [5.41, 5.74) is 2.69. The van der Waals surface area contributed by atoms with Crippen LogP contribution in [0.5, 0.6) is 0 Å². The van der Waals surface area contributed by atoms with Gasteiger partial charge in [-0.1, -0.05) is 29.8 Å². The van der Waals surface area contributed by atoms with E-state index in [1.54, 1.807) is 6.07 Å². The molecule has 10 heteroatoms. The van der Waals surface area contributed by atoms with Crippen molar-refractivity contribution in [2.24, 2.45) is 0 Å². The van der Waals surface area contributed by atoms with Gasteiger partial charge in [-0.25, -0.2) is 13.8 Å². The minimum absolute atomic E-state index is 0.0588. The van der Waals surface area contributed by atoms with Crippen LogP contribution in [0.2, 0.25) is 5.02 Å². The lowest BCUT2D eigenvalue weighted by Crippen LogP contribution is -2.57. The quantitative estimate of drug-likeness (QED) is 0.426. The van der Waals surface area contributed by atoms with Gasteiger partial charge in [-0.3, -0.25) is 14.6 Å². The number of rotatable bonds is 7. The van der Waals surface area contributed by atoms with Crippen LogP contribution < -0.4 is 10.2 Å². The van der Waals surface area contributed by atoms with Crippen molar-refractivity contribution in [3.8, 4) is 6.07 Å². The maximum absolute atomic E-state index is 13.4. The summed E-state index contributed by atoms with van der Waals surface area (Å²) >= 11 is 6.58. The lowest BCUT2D eigenvalue weighted by Gasteiger charge is -2.47. The van der Waals surface area contributed by atoms with Crippen LogP contribution in [0.25, 0.3) is 0 Å². The molecule has 2 aliphatic rings. The zero-order valence-electron chi connectivity index (χ0n) is 23.0. The summed E-state index contributed by atoms with van der Waals surface area (Å²) in [6.45, 7) is 7.80. The summed E-state index contributed by atoms with van der Waals surface area (Å²) in [6.07, 6.45) is 3.74. The molecule has 0 unspecified atom stereocenters. The van der Waals surface area contributed by atoms with Gasteiger partial charge in [0.05, 0.1) is 22.2 Å². The van der Waals surface area contributed by atoms with E-state index in [0.717, 1.165) is 64.2 Å². The number of aromatic nitrogens is 1. The molecule has 2 fully saturated rings. The van der Waals surface area contributed by atoms with Crippen molar-refractivity contribution >= 4 is 23.3 Å². The number of carbonyl (C=O) groups excluding carboxylic acids is 1. The average molecular weight is 579 g/mol. The van der Waals surface area contributed by atoms with Crippen molar-refractivity contribution in [2.45, 2.75) is 44.9 Å². The molecule has 3 heterocycles. The molecule has 7 nitrogen and oxygen atoms in total. The maximum atomic E-state index is 13.4. The van der Waals surface area contributed by atoms with Gasteiger partial charge < -0.3 is 10.2 Å². The summed E-state index contributed by atoms with van der Waals surface area (Å²) in [6, 6.07) is 16.0. The summed E-state index contributed by atoms with van der Waals surface area (Å²) in [7, 11) is 0. The molecule has 3 aromatic rings. The normalized spacial score (nSPS) is 18.7. The van der Waals surface area contributed by atoms with E-state index in [1.807, 2.05) is 24.3 Å². The molecule has 214 valence electrons. The minimum Gasteiger partial charge on any atom is -0.353 e. The van der Waals surface area contributed by atoms with Gasteiger partial charge in [0.15, 0.2) is 11.6 Å². The number of hydrogen-bond acceptors (Lipinski definition) is 6. The third-order valence-corrected chi connectivity index (χ3v) is 8.29. The van der Waals surface area contributed by atoms with Crippen LogP contribution in [0.3, 0.4) is 0 Å². The summed E-state index contributed by atoms with van der Waals surface area (Å²) in [5.74, 6) is -1.61. The van der Waals surface area contributed by atoms with E-state index in [1.165, 1.54) is 17.8 Å². The molecular formula is C31H33ClF2N6O. The van der Waals surface area contributed by atoms with Crippen LogP contribution in [0, 0.1) is 23.0 Å². The molecular weight excluding hydrogens is 546 g/mol. The first kappa shape index (κ1) is 28.9. The molecule has 0 spiro atoms. The average Bonchev–Trinajstić information content (AvgIpc) is 2.98. The predicted molar refractivity (Wildman–Crippen MR) is 155 cm³/mol. The van der Waals surface area contributed by atoms with Crippen LogP contribution in [0.4, 0.5) is 14.6 Å². The molecule has 1 atom stereocenters. The van der Waals surface area contributed by atoms with Gasteiger partial charge in [-0.05, 0) is 74.3 Å². The number of nitriles is 1. The lowest BCUT2D eigenvalue weighted by molar-refractivity contribution is 0.0690. The minimum atomic E-state index is -0.953. The monoisotopic (exact) mass is 578 g/mol. The van der Waals surface area contributed by atoms with E-state index in [0.29, 0.717) is 39.6 Å². The van der Waals surface area contributed by atoms with Gasteiger partial charge in [0.25, 0.3) is 5.91 Å². The zero-order valence-corrected chi connectivity index (χ0v) is 23.7. The highest BCUT2D eigenvalue weighted by atomic mass is 35.5. The van der Waals surface area contributed by atoms with Crippen molar-refractivity contribution < 1.29 is 13.6 Å². The smallest absolute Gasteiger partial charge is 0.253 e. The number of amides is 1. The Morgan fingerprint density at radius 2 is 1.78 bits per heavy atom. The Bertz CT molecular complexity index is 1420. The Kier molecular flexibility index (Phi) is 9.13. The highest BCUT2D eigenvalue weighted by Gasteiger charge is 2.32. The number of piperidine rings is 1. The van der Waals surface area contributed by atoms with Gasteiger partial charge in [0.1, 0.15) is 5.82 Å². The molecule has 0 saturated carbocycles. The highest BCUT2D eigenvalue weighted by molar-refractivity contribution is 6.33. The number of hydrogen-bond donors (Lipinski definition) is 1. The molecule has 0 bridgehead atoms. The first-order valence-electron chi connectivity index (χ1n) is 13.9. The van der Waals surface area contributed by atoms with Gasteiger partial charge in [0.2, 0.25) is 0 Å². The summed E-state index contributed by atoms with van der Waals surface area (Å²) in [4.78, 5) is 24.4. The molecule has 1 aromatic heterocycles. The predicted octanol–water partition coefficient (Wildman–Crippen LogP) is 4.99. The lowest BCUT2D eigenvalue weighted by atomic mass is 9.99. The first-order valence-corrected chi connectivity index (χ1v) is 14.3. The van der Waals surface area contributed by atoms with Crippen LogP contribution in [-0.4, -0.2) is 65.5 Å². The second-order valence-corrected chi connectivity index (χ2v) is 11.2. The number of benzene rings is 2. The molecule has 0 radical (unpaired) electrons. The van der Waals surface area contributed by atoms with Crippen LogP contribution >= 0.6 is 11.6 Å². The van der Waals surface area contributed by atoms with Crippen molar-refractivity contribution in [1.82, 2.24) is 20.1 Å². The summed E-state index contributed by atoms with van der Waals surface area (Å²) < 4.78 is 26.6. The third-order valence-electron chi connectivity index (χ3n) is 8.01. The molecule has 5 rings (SSSR count). The molecule has 2 saturated heterocycles. The molecule has 41 heavy (non-hydrogen) atoms. The number of piperazine rings is 1. The molecule has 2 aromatic carbocycles. The van der Waals surface area contributed by atoms with Crippen molar-refractivity contribution in [3.05, 3.63) is 93.6 Å². The molecule has 1 N–H and O–H groups in total. The van der Waals surface area contributed by atoms with Gasteiger partial charge >= 0.3 is 0 Å². The van der Waals surface area contributed by atoms with Crippen LogP contribution in [-0.2, 0) is 13.1 Å². The Morgan fingerprint density at radius 3 is 2.44 bits per heavy atom. The SMILES string of the molecule is C[C@H]1CN(c2ncc(C(=O)NCc3ccc(F)c(F)c3)cc2Cl)CCN1C1CCN(Cc2ccc(C#N)cc2)CC1. The van der Waals surface area contributed by atoms with Gasteiger partial charge in [0, 0.05) is 51.0 Å². The zero-order chi connectivity index (χ0) is 28.9. The third kappa shape index (κ3) is 7.02. The topological polar surface area (TPSA) is 75.5 Å². The van der Waals surface area contributed by atoms with E-state index in [9.17, 15) is 13.6 Å². The fourth-order valence-electron chi connectivity index (χ4n) is 5.78. The Labute approximate surface area is 244 Å². The number of nitrogens with one attached hydrogen (secondary N) is 1. The van der Waals surface area contributed by atoms with Crippen molar-refractivity contribution in [1.29, 1.82) is 5.26 Å². The Balaban J connectivity index is 1.11. The number of halogens is 3. The van der Waals surface area contributed by atoms with Crippen LogP contribution in [0.1, 0.15) is 46.8 Å². The van der Waals surface area contributed by atoms with E-state index >= 15 is 0 Å². The standard InChI is InChI=1S/C31H33ClF2N6O/c1-21-19-39(12-13-40(21)26-8-10-38(11-9-26)20-23-4-2-22(16-35)3-5-23)30-27(32)15-25(18-36-30)31(41)37-17-24-6-7-28(33)29(34)14-24/h2-7,14-15,18,21,26H,8-13,17,19-20H2,1H3,(H,37,41)/t21-/m0/s1. The van der Waals surface area contributed by atoms with Crippen molar-refractivity contribution in [2.75, 3.05) is 37.6 Å². The fraction of sp³-hybridized carbons (Fsp3) is 0.387. The first-order chi connectivity index (χ1) is 19.8. The number of nitrogens with zero attached hydrogens (tertiary/aromatic N) is 5. The van der Waals surface area contributed by atoms with E-state index < -0.39 is 11.6 Å².